The summed E-state index contributed by atoms with van der Waals surface area (Å²) >= 11 is 0. The van der Waals surface area contributed by atoms with E-state index in [2.05, 4.69) is 50.6 Å². The van der Waals surface area contributed by atoms with Crippen molar-refractivity contribution < 1.29 is 4.79 Å². The van der Waals surface area contributed by atoms with Crippen LogP contribution in [0.25, 0.3) is 11.0 Å². The van der Waals surface area contributed by atoms with Crippen molar-refractivity contribution in [1.82, 2.24) is 15.3 Å². The number of hydrogen-bond acceptors (Lipinski definition) is 5. The van der Waals surface area contributed by atoms with Gasteiger partial charge in [0.2, 0.25) is 5.91 Å². The van der Waals surface area contributed by atoms with Crippen molar-refractivity contribution in [2.75, 3.05) is 24.5 Å². The second kappa shape index (κ2) is 9.84. The normalized spacial score (nSPS) is 12.0. The fourth-order valence-corrected chi connectivity index (χ4v) is 3.08. The van der Waals surface area contributed by atoms with E-state index in [4.69, 9.17) is 9.97 Å². The summed E-state index contributed by atoms with van der Waals surface area (Å²) in [7, 11) is 0. The molecule has 148 valence electrons. The number of amides is 1. The fourth-order valence-electron chi connectivity index (χ4n) is 3.08. The number of nitrogens with one attached hydrogen (secondary N) is 1. The van der Waals surface area contributed by atoms with Gasteiger partial charge in [0.25, 0.3) is 0 Å². The Morgan fingerprint density at radius 3 is 2.25 bits per heavy atom. The van der Waals surface area contributed by atoms with Gasteiger partial charge in [-0.15, -0.1) is 6.58 Å². The molecule has 1 amide bonds. The minimum Gasteiger partial charge on any atom is -0.355 e. The number of nitrogens with zero attached hydrogens (tertiary/aromatic N) is 4. The molecule has 0 aliphatic carbocycles. The number of anilines is 1. The first kappa shape index (κ1) is 21.4. The molecule has 0 unspecified atom stereocenters. The summed E-state index contributed by atoms with van der Waals surface area (Å²) in [6.45, 7) is 14.0. The third kappa shape index (κ3) is 5.29. The van der Waals surface area contributed by atoms with Gasteiger partial charge in [-0.1, -0.05) is 45.9 Å². The van der Waals surface area contributed by atoms with Gasteiger partial charge in [-0.3, -0.25) is 4.79 Å². The molecule has 1 aromatic carbocycles. The molecule has 1 atom stereocenters. The Balaban J connectivity index is 2.63. The maximum Gasteiger partial charge on any atom is 0.243 e. The van der Waals surface area contributed by atoms with Crippen LogP contribution in [-0.4, -0.2) is 35.5 Å². The number of carbonyl (C=O) groups is 1. The van der Waals surface area contributed by atoms with Crippen LogP contribution in [0.15, 0.2) is 36.9 Å². The smallest absolute Gasteiger partial charge is 0.243 e. The first-order chi connectivity index (χ1) is 13.4. The number of aromatic nitrogens is 2. The Kier molecular flexibility index (Phi) is 7.51. The molecule has 0 spiro atoms. The second-order valence-electron chi connectivity index (χ2n) is 7.71. The van der Waals surface area contributed by atoms with Gasteiger partial charge in [0.15, 0.2) is 11.7 Å². The van der Waals surface area contributed by atoms with Gasteiger partial charge in [-0.2, -0.15) is 5.26 Å². The van der Waals surface area contributed by atoms with E-state index in [-0.39, 0.29) is 5.91 Å². The van der Waals surface area contributed by atoms with Gasteiger partial charge >= 0.3 is 0 Å². The molecule has 1 aromatic heterocycles. The molecule has 6 nitrogen and oxygen atoms in total. The highest BCUT2D eigenvalue weighted by Crippen LogP contribution is 2.28. The van der Waals surface area contributed by atoms with Crippen molar-refractivity contribution in [3.63, 3.8) is 0 Å². The van der Waals surface area contributed by atoms with E-state index in [1.807, 2.05) is 24.3 Å². The van der Waals surface area contributed by atoms with Crippen LogP contribution in [0.4, 0.5) is 5.82 Å². The molecule has 0 saturated heterocycles. The van der Waals surface area contributed by atoms with E-state index in [1.54, 1.807) is 6.08 Å². The molecule has 2 aromatic rings. The summed E-state index contributed by atoms with van der Waals surface area (Å²) in [4.78, 5) is 24.3. The van der Waals surface area contributed by atoms with Gasteiger partial charge in [-0.25, -0.2) is 9.97 Å². The van der Waals surface area contributed by atoms with E-state index < -0.39 is 5.92 Å². The van der Waals surface area contributed by atoms with E-state index in [0.717, 1.165) is 18.6 Å². The Labute approximate surface area is 167 Å². The number of carbonyl (C=O) groups excluding carboxylic acids is 1. The number of fused-ring (bicyclic) bond motifs is 1. The van der Waals surface area contributed by atoms with Gasteiger partial charge in [-0.05, 0) is 24.0 Å². The first-order valence-corrected chi connectivity index (χ1v) is 9.67. The number of rotatable bonds is 9. The molecular formula is C22H29N5O. The van der Waals surface area contributed by atoms with Crippen molar-refractivity contribution in [1.29, 1.82) is 5.26 Å². The maximum absolute atomic E-state index is 12.6. The molecule has 6 heteroatoms. The quantitative estimate of drug-likeness (QED) is 0.673. The standard InChI is InChI=1S/C22H29N5O/c1-6-11-24-22(28)17(12-23)20-21(27(13-15(2)3)14-16(4)5)26-19-10-8-7-9-18(19)25-20/h6-10,15-17H,1,11,13-14H2,2-5H3,(H,24,28)/t17-/m0/s1. The number of hydrogen-bond donors (Lipinski definition) is 1. The first-order valence-electron chi connectivity index (χ1n) is 9.67. The lowest BCUT2D eigenvalue weighted by atomic mass is 10.0. The van der Waals surface area contributed by atoms with E-state index in [9.17, 15) is 10.1 Å². The highest BCUT2D eigenvalue weighted by molar-refractivity contribution is 5.89. The zero-order valence-electron chi connectivity index (χ0n) is 17.1. The van der Waals surface area contributed by atoms with Gasteiger partial charge in [0.05, 0.1) is 17.1 Å². The summed E-state index contributed by atoms with van der Waals surface area (Å²) in [5.74, 6) is -0.0115. The van der Waals surface area contributed by atoms with Crippen LogP contribution in [0.1, 0.15) is 39.3 Å². The molecule has 2 rings (SSSR count). The Morgan fingerprint density at radius 1 is 1.18 bits per heavy atom. The average Bonchev–Trinajstić information content (AvgIpc) is 2.65. The molecule has 1 heterocycles. The van der Waals surface area contributed by atoms with Crippen molar-refractivity contribution in [2.45, 2.75) is 33.6 Å². The van der Waals surface area contributed by atoms with Crippen molar-refractivity contribution in [3.05, 3.63) is 42.6 Å². The SMILES string of the molecule is C=CCNC(=O)[C@@H](C#N)c1nc2ccccc2nc1N(CC(C)C)CC(C)C. The molecule has 0 radical (unpaired) electrons. The summed E-state index contributed by atoms with van der Waals surface area (Å²) < 4.78 is 0. The molecule has 0 aliphatic rings. The van der Waals surface area contributed by atoms with Crippen molar-refractivity contribution in [3.8, 4) is 6.07 Å². The minimum absolute atomic E-state index is 0.301. The third-order valence-electron chi connectivity index (χ3n) is 4.13. The summed E-state index contributed by atoms with van der Waals surface area (Å²) in [5, 5.41) is 12.5. The zero-order valence-corrected chi connectivity index (χ0v) is 17.1. The topological polar surface area (TPSA) is 81.9 Å². The largest absolute Gasteiger partial charge is 0.355 e. The number of para-hydroxylation sites is 2. The maximum atomic E-state index is 12.6. The van der Waals surface area contributed by atoms with Crippen LogP contribution in [0.5, 0.6) is 0 Å². The third-order valence-corrected chi connectivity index (χ3v) is 4.13. The number of benzene rings is 1. The Morgan fingerprint density at radius 2 is 1.75 bits per heavy atom. The molecule has 0 aliphatic heterocycles. The lowest BCUT2D eigenvalue weighted by molar-refractivity contribution is -0.121. The average molecular weight is 380 g/mol. The zero-order chi connectivity index (χ0) is 20.7. The Bertz CT molecular complexity index is 859. The summed E-state index contributed by atoms with van der Waals surface area (Å²) in [6.07, 6.45) is 1.59. The van der Waals surface area contributed by atoms with E-state index >= 15 is 0 Å². The predicted octanol–water partition coefficient (Wildman–Crippen LogP) is 3.66. The van der Waals surface area contributed by atoms with Gasteiger partial charge < -0.3 is 10.2 Å². The fraction of sp³-hybridized carbons (Fsp3) is 0.455. The van der Waals surface area contributed by atoms with Crippen LogP contribution in [-0.2, 0) is 4.79 Å². The van der Waals surface area contributed by atoms with Crippen LogP contribution >= 0.6 is 0 Å². The van der Waals surface area contributed by atoms with Gasteiger partial charge in [0, 0.05) is 19.6 Å². The van der Waals surface area contributed by atoms with Crippen LogP contribution in [0.2, 0.25) is 0 Å². The van der Waals surface area contributed by atoms with Crippen LogP contribution in [0, 0.1) is 23.2 Å². The highest BCUT2D eigenvalue weighted by atomic mass is 16.1. The highest BCUT2D eigenvalue weighted by Gasteiger charge is 2.29. The lowest BCUT2D eigenvalue weighted by Crippen LogP contribution is -2.35. The molecule has 1 N–H and O–H groups in total. The predicted molar refractivity (Wildman–Crippen MR) is 113 cm³/mol. The van der Waals surface area contributed by atoms with Crippen LogP contribution < -0.4 is 10.2 Å². The van der Waals surface area contributed by atoms with Crippen molar-refractivity contribution >= 4 is 22.8 Å². The second-order valence-corrected chi connectivity index (χ2v) is 7.71. The van der Waals surface area contributed by atoms with E-state index in [0.29, 0.717) is 35.4 Å². The molecule has 28 heavy (non-hydrogen) atoms. The minimum atomic E-state index is -1.03. The molecule has 0 saturated carbocycles. The number of nitriles is 1. The Hall–Kier alpha value is -2.94. The lowest BCUT2D eigenvalue weighted by Gasteiger charge is -2.29. The molecule has 0 fully saturated rings. The van der Waals surface area contributed by atoms with E-state index in [1.165, 1.54) is 0 Å². The van der Waals surface area contributed by atoms with Gasteiger partial charge in [0.1, 0.15) is 5.69 Å². The summed E-state index contributed by atoms with van der Waals surface area (Å²) in [5.41, 5.74) is 1.83. The summed E-state index contributed by atoms with van der Waals surface area (Å²) in [6, 6.07) is 9.65. The monoisotopic (exact) mass is 379 g/mol. The molecule has 0 bridgehead atoms. The van der Waals surface area contributed by atoms with Crippen molar-refractivity contribution in [2.24, 2.45) is 11.8 Å². The molecular weight excluding hydrogens is 350 g/mol. The van der Waals surface area contributed by atoms with Crippen LogP contribution in [0.3, 0.4) is 0 Å².